The standard InChI is InChI=1S/C23H31F3N6.2C22H28F3N5O2/c1-13(2)32-20(11-19(29-32)14-8-18(23(24,25)26)22(27)28-12-14)21-16-9-15(10-17(16)21)31-6-4-30(3)5-7-31;2*1-12(2)30-18(20-15-8-14(9-16(15)20)29-3-5-31-6-4-29)10-17(28-30)13-7-19(21(26)27-11-13)32-22(23,24)25/h8,11-13,15-17,21H,4-7,9-10H2,1-3H3,(H2,27,28);2*7,10-12,14-16,20H,3-6,8-9H2,1-2H3,(H2,26,27)/t15?,16-,17+,21?;2*14?,15-,16+,20?. The number of hydrogen-bond donors (Lipinski definition) is 3. The zero-order chi connectivity index (χ0) is 68.0. The number of pyridine rings is 3. The number of ether oxygens (including phenoxy) is 4. The molecule has 0 aromatic carbocycles. The number of hydrogen-bond acceptors (Lipinski definition) is 17. The molecule has 9 fully saturated rings. The van der Waals surface area contributed by atoms with E-state index in [2.05, 4.69) is 92.6 Å². The molecule has 0 spiro atoms. The van der Waals surface area contributed by atoms with Crippen LogP contribution in [0.3, 0.4) is 0 Å². The second-order valence-corrected chi connectivity index (χ2v) is 28.5. The fourth-order valence-corrected chi connectivity index (χ4v) is 16.8. The summed E-state index contributed by atoms with van der Waals surface area (Å²) in [6, 6.07) is 11.9. The van der Waals surface area contributed by atoms with Crippen molar-refractivity contribution < 1.29 is 58.5 Å². The molecule has 522 valence electrons. The number of halogens is 9. The van der Waals surface area contributed by atoms with Crippen LogP contribution in [0.5, 0.6) is 11.5 Å². The van der Waals surface area contributed by atoms with Crippen molar-refractivity contribution in [3.05, 3.63) is 77.6 Å². The second-order valence-electron chi connectivity index (χ2n) is 28.5. The minimum absolute atomic E-state index is 0.136. The molecule has 6 saturated carbocycles. The Morgan fingerprint density at radius 2 is 0.729 bits per heavy atom. The van der Waals surface area contributed by atoms with E-state index in [1.54, 1.807) is 0 Å². The molecular weight excluding hydrogens is 1260 g/mol. The fourth-order valence-electron chi connectivity index (χ4n) is 16.8. The first-order valence-electron chi connectivity index (χ1n) is 33.8. The average Bonchev–Trinajstić information content (AvgIpc) is 1.57. The third-order valence-corrected chi connectivity index (χ3v) is 21.6. The molecule has 0 bridgehead atoms. The van der Waals surface area contributed by atoms with Crippen molar-refractivity contribution >= 4 is 17.5 Å². The molecule has 6 aromatic heterocycles. The molecule has 9 aliphatic rings. The van der Waals surface area contributed by atoms with E-state index in [1.807, 2.05) is 32.2 Å². The Labute approximate surface area is 552 Å². The van der Waals surface area contributed by atoms with Crippen LogP contribution < -0.4 is 26.7 Å². The molecule has 6 aliphatic carbocycles. The van der Waals surface area contributed by atoms with Gasteiger partial charge in [0.2, 0.25) is 0 Å². The maximum atomic E-state index is 13.3. The molecule has 3 saturated heterocycles. The predicted octanol–water partition coefficient (Wildman–Crippen LogP) is 11.5. The van der Waals surface area contributed by atoms with Gasteiger partial charge in [0.1, 0.15) is 5.82 Å². The topological polar surface area (TPSA) is 220 Å². The number of nitrogen functional groups attached to an aromatic ring is 3. The third kappa shape index (κ3) is 14.4. The van der Waals surface area contributed by atoms with Crippen LogP contribution in [-0.4, -0.2) is 181 Å². The second kappa shape index (κ2) is 26.5. The van der Waals surface area contributed by atoms with Crippen LogP contribution >= 0.6 is 0 Å². The largest absolute Gasteiger partial charge is 0.573 e. The van der Waals surface area contributed by atoms with E-state index < -0.39 is 41.8 Å². The van der Waals surface area contributed by atoms with Crippen LogP contribution in [0.4, 0.5) is 57.0 Å². The lowest BCUT2D eigenvalue weighted by molar-refractivity contribution is -0.275. The number of fused-ring (bicyclic) bond motifs is 3. The van der Waals surface area contributed by atoms with Crippen LogP contribution in [-0.2, 0) is 15.7 Å². The van der Waals surface area contributed by atoms with Crippen LogP contribution in [0.2, 0.25) is 0 Å². The molecule has 3 aliphatic heterocycles. The molecule has 12 atom stereocenters. The summed E-state index contributed by atoms with van der Waals surface area (Å²) in [5, 5.41) is 14.1. The molecule has 20 nitrogen and oxygen atoms in total. The van der Waals surface area contributed by atoms with E-state index in [0.717, 1.165) is 102 Å². The van der Waals surface area contributed by atoms with Gasteiger partial charge in [-0.3, -0.25) is 28.7 Å². The predicted molar refractivity (Wildman–Crippen MR) is 341 cm³/mol. The summed E-state index contributed by atoms with van der Waals surface area (Å²) in [5.74, 6) is 3.07. The number of aromatic nitrogens is 9. The lowest BCUT2D eigenvalue weighted by Crippen LogP contribution is -2.48. The van der Waals surface area contributed by atoms with E-state index in [1.165, 1.54) is 69.2 Å². The molecule has 96 heavy (non-hydrogen) atoms. The number of piperazine rings is 1. The highest BCUT2D eigenvalue weighted by atomic mass is 19.4. The third-order valence-electron chi connectivity index (χ3n) is 21.6. The van der Waals surface area contributed by atoms with Crippen LogP contribution in [0.1, 0.15) is 139 Å². The SMILES string of the molecule is CC(C)n1nc(-c2cnc(N)c(C(F)(F)F)c2)cc1C1[C@H]2CC(N3CCN(C)CC3)C[C@@H]12.CC(C)n1nc(-c2cnc(N)c(OC(F)(F)F)c2)cc1C1[C@H]2CC(N3CCOCC3)C[C@@H]12.CC(C)n1nc(-c2cnc(N)c(OC(F)(F)F)c2)cc1C1[C@H]2CC(N3CCOCC3)C[C@@H]12. The van der Waals surface area contributed by atoms with Crippen molar-refractivity contribution in [1.29, 1.82) is 0 Å². The zero-order valence-electron chi connectivity index (χ0n) is 55.2. The number of morpholine rings is 2. The highest BCUT2D eigenvalue weighted by Crippen LogP contribution is 2.66. The van der Waals surface area contributed by atoms with Crippen molar-refractivity contribution in [2.75, 3.05) is 103 Å². The van der Waals surface area contributed by atoms with E-state index in [-0.39, 0.29) is 29.8 Å². The Hall–Kier alpha value is -6.79. The Morgan fingerprint density at radius 3 is 1.03 bits per heavy atom. The number of nitrogens with two attached hydrogens (primary N) is 3. The van der Waals surface area contributed by atoms with Crippen molar-refractivity contribution in [1.82, 2.24) is 63.9 Å². The Kier molecular flexibility index (Phi) is 18.7. The summed E-state index contributed by atoms with van der Waals surface area (Å²) in [7, 11) is 2.18. The molecule has 6 aromatic rings. The van der Waals surface area contributed by atoms with Gasteiger partial charge in [-0.2, -0.15) is 28.5 Å². The van der Waals surface area contributed by atoms with Gasteiger partial charge in [-0.05, 0) is 159 Å². The highest BCUT2D eigenvalue weighted by Gasteiger charge is 2.61. The first kappa shape index (κ1) is 67.8. The first-order valence-corrected chi connectivity index (χ1v) is 33.8. The van der Waals surface area contributed by atoms with Gasteiger partial charge in [-0.15, -0.1) is 26.3 Å². The van der Waals surface area contributed by atoms with Gasteiger partial charge in [0.05, 0.1) is 49.1 Å². The zero-order valence-corrected chi connectivity index (χ0v) is 55.2. The lowest BCUT2D eigenvalue weighted by Gasteiger charge is -2.37. The van der Waals surface area contributed by atoms with Gasteiger partial charge < -0.3 is 41.0 Å². The molecule has 9 heterocycles. The van der Waals surface area contributed by atoms with Gasteiger partial charge in [-0.1, -0.05) is 0 Å². The molecule has 29 heteroatoms. The molecule has 15 rings (SSSR count). The quantitative estimate of drug-likeness (QED) is 0.0863. The first-order chi connectivity index (χ1) is 45.5. The van der Waals surface area contributed by atoms with Crippen molar-refractivity contribution in [2.45, 2.75) is 153 Å². The molecule has 6 unspecified atom stereocenters. The Bertz CT molecular complexity index is 3530. The maximum absolute atomic E-state index is 13.3. The van der Waals surface area contributed by atoms with Crippen molar-refractivity contribution in [3.63, 3.8) is 0 Å². The van der Waals surface area contributed by atoms with Crippen molar-refractivity contribution in [3.8, 4) is 45.3 Å². The lowest BCUT2D eigenvalue weighted by atomic mass is 10.0. The smallest absolute Gasteiger partial charge is 0.402 e. The van der Waals surface area contributed by atoms with E-state index in [9.17, 15) is 39.5 Å². The molecule has 6 N–H and O–H groups in total. The summed E-state index contributed by atoms with van der Waals surface area (Å²) in [5.41, 5.74) is 22.1. The summed E-state index contributed by atoms with van der Waals surface area (Å²) in [6.07, 6.45) is -2.79. The van der Waals surface area contributed by atoms with Gasteiger partial charge in [-0.25, -0.2) is 15.0 Å². The molecular formula is C67H87F9N16O4. The van der Waals surface area contributed by atoms with E-state index in [4.69, 9.17) is 42.0 Å². The normalized spacial score (nSPS) is 28.4. The number of likely N-dealkylation sites (N-methyl/N-ethyl adjacent to an activating group) is 1. The Balaban J connectivity index is 0.000000130. The number of alkyl halides is 9. The number of anilines is 3. The van der Waals surface area contributed by atoms with Crippen LogP contribution in [0.15, 0.2) is 55.0 Å². The minimum Gasteiger partial charge on any atom is -0.402 e. The molecule has 0 radical (unpaired) electrons. The van der Waals surface area contributed by atoms with Gasteiger partial charge in [0, 0.05) is 159 Å². The van der Waals surface area contributed by atoms with E-state index >= 15 is 0 Å². The summed E-state index contributed by atoms with van der Waals surface area (Å²) in [6.45, 7) is 24.2. The number of nitrogens with zero attached hydrogens (tertiary/aromatic N) is 13. The monoisotopic (exact) mass is 1350 g/mol. The minimum atomic E-state index is -4.83. The van der Waals surface area contributed by atoms with Crippen LogP contribution in [0, 0.1) is 35.5 Å². The summed E-state index contributed by atoms with van der Waals surface area (Å²) < 4.78 is 141. The highest BCUT2D eigenvalue weighted by molar-refractivity contribution is 5.66. The average molecular weight is 1350 g/mol. The van der Waals surface area contributed by atoms with Gasteiger partial charge in [0.25, 0.3) is 0 Å². The van der Waals surface area contributed by atoms with Crippen molar-refractivity contribution in [2.24, 2.45) is 35.5 Å². The number of rotatable bonds is 14. The molecule has 0 amide bonds. The Morgan fingerprint density at radius 1 is 0.427 bits per heavy atom. The van der Waals surface area contributed by atoms with Gasteiger partial charge >= 0.3 is 18.9 Å². The summed E-state index contributed by atoms with van der Waals surface area (Å²) >= 11 is 0. The fraction of sp³-hybridized carbons (Fsp3) is 0.642. The maximum Gasteiger partial charge on any atom is 0.573 e. The van der Waals surface area contributed by atoms with Crippen LogP contribution in [0.25, 0.3) is 33.8 Å². The van der Waals surface area contributed by atoms with Gasteiger partial charge in [0.15, 0.2) is 23.1 Å². The van der Waals surface area contributed by atoms with E-state index in [0.29, 0.717) is 105 Å². The summed E-state index contributed by atoms with van der Waals surface area (Å²) in [4.78, 5) is 21.7.